The van der Waals surface area contributed by atoms with E-state index in [-0.39, 0.29) is 18.7 Å². The number of fused-ring (bicyclic) bond motifs is 1. The predicted octanol–water partition coefficient (Wildman–Crippen LogP) is 3.68. The molecule has 0 spiro atoms. The van der Waals surface area contributed by atoms with Gasteiger partial charge in [-0.15, -0.1) is 6.42 Å². The molecule has 1 aliphatic heterocycles. The SMILES string of the molecule is C#CCN1C(=O)[C@](O)(CC(=O)c2ccc(-n3cccc3)cc2)c2cc(Br)ccc21. The first-order valence-electron chi connectivity index (χ1n) is 8.98. The Hall–Kier alpha value is -3.14. The van der Waals surface area contributed by atoms with Crippen LogP contribution in [0.2, 0.25) is 0 Å². The summed E-state index contributed by atoms with van der Waals surface area (Å²) in [6, 6.07) is 16.0. The molecule has 144 valence electrons. The van der Waals surface area contributed by atoms with Crippen molar-refractivity contribution in [2.75, 3.05) is 11.4 Å². The first-order valence-corrected chi connectivity index (χ1v) is 9.78. The molecule has 0 unspecified atom stereocenters. The van der Waals surface area contributed by atoms with Crippen LogP contribution in [0, 0.1) is 12.3 Å². The molecule has 0 fully saturated rings. The van der Waals surface area contributed by atoms with Gasteiger partial charge in [0.25, 0.3) is 5.91 Å². The minimum absolute atomic E-state index is 0.0233. The Morgan fingerprint density at radius 1 is 1.14 bits per heavy atom. The number of ketones is 1. The molecule has 2 heterocycles. The standard InChI is InChI=1S/C23H17BrN2O3/c1-2-11-26-20-10-7-17(24)14-19(20)23(29,22(26)28)15-21(27)16-5-8-18(9-6-16)25-12-3-4-13-25/h1,3-10,12-14,29H,11,15H2/t23-/m0/s1. The molecular weight excluding hydrogens is 432 g/mol. The summed E-state index contributed by atoms with van der Waals surface area (Å²) < 4.78 is 2.63. The smallest absolute Gasteiger partial charge is 0.265 e. The molecule has 1 aliphatic rings. The fraction of sp³-hybridized carbons (Fsp3) is 0.130. The number of rotatable bonds is 5. The maximum absolute atomic E-state index is 13.0. The summed E-state index contributed by atoms with van der Waals surface area (Å²) in [5.41, 5.74) is 0.288. The second-order valence-corrected chi connectivity index (χ2v) is 7.77. The van der Waals surface area contributed by atoms with Crippen molar-refractivity contribution in [3.63, 3.8) is 0 Å². The minimum Gasteiger partial charge on any atom is -0.375 e. The maximum Gasteiger partial charge on any atom is 0.265 e. The number of hydrogen-bond donors (Lipinski definition) is 1. The molecule has 0 saturated heterocycles. The molecule has 1 aromatic heterocycles. The molecule has 1 amide bonds. The van der Waals surface area contributed by atoms with Crippen molar-refractivity contribution < 1.29 is 14.7 Å². The summed E-state index contributed by atoms with van der Waals surface area (Å²) in [5.74, 6) is 1.52. The number of nitrogens with zero attached hydrogens (tertiary/aromatic N) is 2. The van der Waals surface area contributed by atoms with E-state index in [1.165, 1.54) is 4.90 Å². The van der Waals surface area contributed by atoms with E-state index in [2.05, 4.69) is 21.9 Å². The Labute approximate surface area is 176 Å². The summed E-state index contributed by atoms with van der Waals surface area (Å²) in [6.45, 7) is 0.0233. The molecule has 3 aromatic rings. The van der Waals surface area contributed by atoms with E-state index in [0.29, 0.717) is 21.3 Å². The highest BCUT2D eigenvalue weighted by atomic mass is 79.9. The fourth-order valence-electron chi connectivity index (χ4n) is 3.60. The molecule has 2 aromatic carbocycles. The van der Waals surface area contributed by atoms with Gasteiger partial charge in [-0.05, 0) is 54.6 Å². The third-order valence-corrected chi connectivity index (χ3v) is 5.54. The van der Waals surface area contributed by atoms with Gasteiger partial charge in [0.2, 0.25) is 0 Å². The van der Waals surface area contributed by atoms with Crippen LogP contribution in [0.3, 0.4) is 0 Å². The van der Waals surface area contributed by atoms with E-state index in [1.807, 2.05) is 41.2 Å². The number of terminal acetylenes is 1. The Balaban J connectivity index is 1.64. The molecule has 6 heteroatoms. The van der Waals surface area contributed by atoms with Gasteiger partial charge in [-0.3, -0.25) is 14.5 Å². The number of benzene rings is 2. The Morgan fingerprint density at radius 3 is 2.48 bits per heavy atom. The van der Waals surface area contributed by atoms with E-state index in [1.54, 1.807) is 30.3 Å². The summed E-state index contributed by atoms with van der Waals surface area (Å²) in [7, 11) is 0. The van der Waals surface area contributed by atoms with E-state index in [4.69, 9.17) is 6.42 Å². The van der Waals surface area contributed by atoms with Crippen LogP contribution >= 0.6 is 15.9 Å². The van der Waals surface area contributed by atoms with Crippen molar-refractivity contribution in [2.45, 2.75) is 12.0 Å². The van der Waals surface area contributed by atoms with Crippen LogP contribution in [0.25, 0.3) is 5.69 Å². The number of aromatic nitrogens is 1. The highest BCUT2D eigenvalue weighted by Gasteiger charge is 2.50. The summed E-state index contributed by atoms with van der Waals surface area (Å²) in [4.78, 5) is 27.2. The number of carbonyl (C=O) groups excluding carboxylic acids is 2. The van der Waals surface area contributed by atoms with Gasteiger partial charge in [0.05, 0.1) is 18.7 Å². The zero-order valence-corrected chi connectivity index (χ0v) is 17.0. The summed E-state index contributed by atoms with van der Waals surface area (Å²) in [6.07, 6.45) is 8.84. The van der Waals surface area contributed by atoms with E-state index < -0.39 is 11.5 Å². The number of halogens is 1. The van der Waals surface area contributed by atoms with Gasteiger partial charge in [-0.1, -0.05) is 21.9 Å². The maximum atomic E-state index is 13.0. The number of hydrogen-bond acceptors (Lipinski definition) is 3. The molecule has 4 rings (SSSR count). The van der Waals surface area contributed by atoms with E-state index in [9.17, 15) is 14.7 Å². The van der Waals surface area contributed by atoms with Crippen LogP contribution < -0.4 is 4.90 Å². The number of amides is 1. The lowest BCUT2D eigenvalue weighted by Crippen LogP contribution is -2.42. The number of anilines is 1. The highest BCUT2D eigenvalue weighted by Crippen LogP contribution is 2.44. The normalized spacial score (nSPS) is 17.8. The van der Waals surface area contributed by atoms with E-state index >= 15 is 0 Å². The molecule has 1 N–H and O–H groups in total. The Morgan fingerprint density at radius 2 is 1.83 bits per heavy atom. The van der Waals surface area contributed by atoms with Crippen molar-refractivity contribution in [3.05, 3.63) is 82.6 Å². The molecular formula is C23H17BrN2O3. The molecule has 29 heavy (non-hydrogen) atoms. The van der Waals surface area contributed by atoms with Crippen molar-refractivity contribution in [1.29, 1.82) is 0 Å². The van der Waals surface area contributed by atoms with Gasteiger partial charge in [-0.2, -0.15) is 0 Å². The Bertz CT molecular complexity index is 1130. The number of carbonyl (C=O) groups is 2. The van der Waals surface area contributed by atoms with Crippen molar-refractivity contribution in [3.8, 4) is 18.0 Å². The highest BCUT2D eigenvalue weighted by molar-refractivity contribution is 9.10. The second kappa shape index (κ2) is 7.36. The topological polar surface area (TPSA) is 62.5 Å². The van der Waals surface area contributed by atoms with Gasteiger partial charge < -0.3 is 9.67 Å². The van der Waals surface area contributed by atoms with Gasteiger partial charge in [0.15, 0.2) is 11.4 Å². The van der Waals surface area contributed by atoms with Crippen LogP contribution in [-0.4, -0.2) is 27.9 Å². The fourth-order valence-corrected chi connectivity index (χ4v) is 3.96. The van der Waals surface area contributed by atoms with Crippen molar-refractivity contribution >= 4 is 33.3 Å². The summed E-state index contributed by atoms with van der Waals surface area (Å²) in [5, 5.41) is 11.3. The van der Waals surface area contributed by atoms with Gasteiger partial charge in [-0.25, -0.2) is 0 Å². The molecule has 5 nitrogen and oxygen atoms in total. The van der Waals surface area contributed by atoms with Gasteiger partial charge >= 0.3 is 0 Å². The Kier molecular flexibility index (Phi) is 4.87. The first kappa shape index (κ1) is 19.2. The second-order valence-electron chi connectivity index (χ2n) is 6.85. The molecule has 0 bridgehead atoms. The van der Waals surface area contributed by atoms with Crippen molar-refractivity contribution in [2.24, 2.45) is 0 Å². The van der Waals surface area contributed by atoms with Crippen LogP contribution in [0.15, 0.2) is 71.5 Å². The van der Waals surface area contributed by atoms with Crippen molar-refractivity contribution in [1.82, 2.24) is 4.57 Å². The number of aliphatic hydroxyl groups is 1. The molecule has 0 radical (unpaired) electrons. The molecule has 0 aliphatic carbocycles. The third-order valence-electron chi connectivity index (χ3n) is 5.05. The minimum atomic E-state index is -1.95. The lowest BCUT2D eigenvalue weighted by Gasteiger charge is -2.22. The lowest BCUT2D eigenvalue weighted by atomic mass is 9.88. The zero-order chi connectivity index (χ0) is 20.6. The monoisotopic (exact) mass is 448 g/mol. The average molecular weight is 449 g/mol. The van der Waals surface area contributed by atoms with Crippen LogP contribution in [0.1, 0.15) is 22.3 Å². The quantitative estimate of drug-likeness (QED) is 0.478. The zero-order valence-electron chi connectivity index (χ0n) is 15.4. The lowest BCUT2D eigenvalue weighted by molar-refractivity contribution is -0.135. The third kappa shape index (κ3) is 3.29. The number of Topliss-reactive ketones (excluding diaryl/α,β-unsaturated/α-hetero) is 1. The summed E-state index contributed by atoms with van der Waals surface area (Å²) >= 11 is 3.36. The van der Waals surface area contributed by atoms with Crippen LogP contribution in [0.4, 0.5) is 5.69 Å². The van der Waals surface area contributed by atoms with Crippen LogP contribution in [-0.2, 0) is 10.4 Å². The van der Waals surface area contributed by atoms with Gasteiger partial charge in [0.1, 0.15) is 0 Å². The average Bonchev–Trinajstić information content (AvgIpc) is 3.32. The molecule has 0 saturated carbocycles. The molecule has 1 atom stereocenters. The van der Waals surface area contributed by atoms with Crippen LogP contribution in [0.5, 0.6) is 0 Å². The van der Waals surface area contributed by atoms with Gasteiger partial charge in [0, 0.05) is 33.7 Å². The van der Waals surface area contributed by atoms with E-state index in [0.717, 1.165) is 5.69 Å². The largest absolute Gasteiger partial charge is 0.375 e. The predicted molar refractivity (Wildman–Crippen MR) is 114 cm³/mol. The first-order chi connectivity index (χ1) is 13.9.